The van der Waals surface area contributed by atoms with Crippen LogP contribution in [-0.2, 0) is 0 Å². The van der Waals surface area contributed by atoms with Crippen molar-refractivity contribution < 1.29 is 0 Å². The van der Waals surface area contributed by atoms with E-state index in [4.69, 9.17) is 0 Å². The van der Waals surface area contributed by atoms with Crippen molar-refractivity contribution >= 4 is 119 Å². The van der Waals surface area contributed by atoms with Crippen molar-refractivity contribution in [2.45, 2.75) is 0 Å². The van der Waals surface area contributed by atoms with Gasteiger partial charge in [-0.3, -0.25) is 0 Å². The number of hydrogen-bond acceptors (Lipinski definition) is 0. The zero-order valence-corrected chi connectivity index (χ0v) is 32.4. The summed E-state index contributed by atoms with van der Waals surface area (Å²) < 4.78 is 5.06. The molecule has 0 amide bonds. The van der Waals surface area contributed by atoms with E-state index < -0.39 is 0 Å². The molecule has 0 N–H and O–H groups in total. The summed E-state index contributed by atoms with van der Waals surface area (Å²) in [7, 11) is 0. The molecule has 274 valence electrons. The Kier molecular flexibility index (Phi) is 5.68. The average molecular weight is 757 g/mol. The van der Waals surface area contributed by atoms with Crippen LogP contribution in [0.25, 0.3) is 142 Å². The molecule has 2 heteroatoms. The Morgan fingerprint density at radius 1 is 0.217 bits per heavy atom. The second-order valence-electron chi connectivity index (χ2n) is 16.8. The van der Waals surface area contributed by atoms with E-state index in [1.807, 2.05) is 0 Å². The van der Waals surface area contributed by atoms with Gasteiger partial charge in [-0.25, -0.2) is 0 Å². The first-order valence-corrected chi connectivity index (χ1v) is 20.9. The van der Waals surface area contributed by atoms with Crippen molar-refractivity contribution in [3.63, 3.8) is 0 Å². The van der Waals surface area contributed by atoms with E-state index in [1.54, 1.807) is 0 Å². The first kappa shape index (κ1) is 31.1. The summed E-state index contributed by atoms with van der Waals surface area (Å²) in [5.74, 6) is 0. The summed E-state index contributed by atoms with van der Waals surface area (Å²) in [4.78, 5) is 0. The van der Waals surface area contributed by atoms with Gasteiger partial charge < -0.3 is 8.80 Å². The average Bonchev–Trinajstić information content (AvgIpc) is 4.03. The van der Waals surface area contributed by atoms with Gasteiger partial charge in [-0.05, 0) is 114 Å². The molecular weight excluding hydrogens is 725 g/mol. The minimum absolute atomic E-state index is 1.23. The molecule has 0 saturated heterocycles. The first-order chi connectivity index (χ1) is 29.8. The van der Waals surface area contributed by atoms with E-state index in [-0.39, 0.29) is 0 Å². The van der Waals surface area contributed by atoms with Crippen LogP contribution in [0.1, 0.15) is 0 Å². The zero-order valence-electron chi connectivity index (χ0n) is 32.4. The number of hydrogen-bond donors (Lipinski definition) is 0. The summed E-state index contributed by atoms with van der Waals surface area (Å²) >= 11 is 0. The molecule has 60 heavy (non-hydrogen) atoms. The first-order valence-electron chi connectivity index (χ1n) is 20.9. The fourth-order valence-corrected chi connectivity index (χ4v) is 11.4. The van der Waals surface area contributed by atoms with E-state index in [1.165, 1.54) is 142 Å². The Morgan fingerprint density at radius 2 is 0.583 bits per heavy atom. The normalized spacial score (nSPS) is 12.7. The summed E-state index contributed by atoms with van der Waals surface area (Å²) in [5, 5.41) is 20.4. The van der Waals surface area contributed by atoms with E-state index in [2.05, 4.69) is 203 Å². The Bertz CT molecular complexity index is 4070. The standard InChI is InChI=1S/C58H32N2/c1-3-13-35-27-37(25-23-33(35)11-1)55-47-29-45-43-19-9-17-41-40-16-6-8-22-52(40)60(57(41)43)54(45)32-50(47)56(38-26-24-34-12-2-4-14-36(34)28-38)48-30-46-44-20-10-18-42-39-15-5-7-21-51(39)59(58(42)44)53(46)31-49(48)55/h1-32H. The Morgan fingerprint density at radius 3 is 1.05 bits per heavy atom. The zero-order chi connectivity index (χ0) is 38.8. The topological polar surface area (TPSA) is 8.82 Å². The molecule has 0 unspecified atom stereocenters. The highest BCUT2D eigenvalue weighted by atomic mass is 14.9. The maximum Gasteiger partial charge on any atom is 0.0620 e. The quantitative estimate of drug-likeness (QED) is 0.155. The van der Waals surface area contributed by atoms with Crippen LogP contribution in [0.15, 0.2) is 194 Å². The lowest BCUT2D eigenvalue weighted by Crippen LogP contribution is -1.93. The van der Waals surface area contributed by atoms with Gasteiger partial charge in [-0.1, -0.05) is 146 Å². The number of fused-ring (bicyclic) bond motifs is 16. The highest BCUT2D eigenvalue weighted by Gasteiger charge is 2.25. The minimum Gasteiger partial charge on any atom is -0.308 e. The molecule has 15 aromatic rings. The molecule has 0 spiro atoms. The van der Waals surface area contributed by atoms with Gasteiger partial charge in [0.15, 0.2) is 0 Å². The van der Waals surface area contributed by atoms with Crippen LogP contribution in [0.3, 0.4) is 0 Å². The largest absolute Gasteiger partial charge is 0.308 e. The Hall–Kier alpha value is -7.94. The van der Waals surface area contributed by atoms with Crippen LogP contribution in [0.4, 0.5) is 0 Å². The SMILES string of the molecule is c1ccc2cc(-c3c4cc5c6cccc7c8ccccc8n(c5cc4c(-c4ccc5ccccc5c4)c4cc5c8cccc9c%10ccccc%10n(c5cc34)c98)c76)ccc2c1. The van der Waals surface area contributed by atoms with Crippen molar-refractivity contribution in [2.75, 3.05) is 0 Å². The smallest absolute Gasteiger partial charge is 0.0620 e. The molecule has 4 heterocycles. The van der Waals surface area contributed by atoms with Crippen LogP contribution < -0.4 is 0 Å². The van der Waals surface area contributed by atoms with Gasteiger partial charge in [0.05, 0.1) is 33.1 Å². The summed E-state index contributed by atoms with van der Waals surface area (Å²) in [5.41, 5.74) is 12.6. The van der Waals surface area contributed by atoms with E-state index in [0.29, 0.717) is 0 Å². The molecule has 0 fully saturated rings. The third-order valence-electron chi connectivity index (χ3n) is 13.9. The lowest BCUT2D eigenvalue weighted by atomic mass is 9.84. The second-order valence-corrected chi connectivity index (χ2v) is 16.8. The predicted molar refractivity (Wildman–Crippen MR) is 257 cm³/mol. The van der Waals surface area contributed by atoms with Gasteiger partial charge in [-0.15, -0.1) is 0 Å². The van der Waals surface area contributed by atoms with Gasteiger partial charge in [0, 0.05) is 43.1 Å². The van der Waals surface area contributed by atoms with Crippen molar-refractivity contribution in [3.8, 4) is 22.3 Å². The number of benzene rings is 11. The van der Waals surface area contributed by atoms with Crippen LogP contribution in [0.5, 0.6) is 0 Å². The van der Waals surface area contributed by atoms with Crippen LogP contribution in [0, 0.1) is 0 Å². The molecular formula is C58H32N2. The highest BCUT2D eigenvalue weighted by Crippen LogP contribution is 2.50. The van der Waals surface area contributed by atoms with Gasteiger partial charge in [0.25, 0.3) is 0 Å². The number of nitrogens with zero attached hydrogens (tertiary/aromatic N) is 2. The van der Waals surface area contributed by atoms with Crippen LogP contribution in [-0.4, -0.2) is 8.80 Å². The number of rotatable bonds is 2. The molecule has 0 saturated carbocycles. The van der Waals surface area contributed by atoms with E-state index >= 15 is 0 Å². The van der Waals surface area contributed by atoms with E-state index in [9.17, 15) is 0 Å². The third kappa shape index (κ3) is 3.80. The molecule has 11 aromatic carbocycles. The molecule has 2 nitrogen and oxygen atoms in total. The minimum atomic E-state index is 1.23. The van der Waals surface area contributed by atoms with Crippen LogP contribution >= 0.6 is 0 Å². The Labute approximate surface area is 343 Å². The molecule has 15 rings (SSSR count). The predicted octanol–water partition coefficient (Wildman–Crippen LogP) is 15.9. The van der Waals surface area contributed by atoms with Crippen molar-refractivity contribution in [1.82, 2.24) is 8.80 Å². The van der Waals surface area contributed by atoms with Crippen molar-refractivity contribution in [3.05, 3.63) is 194 Å². The van der Waals surface area contributed by atoms with Gasteiger partial charge in [0.1, 0.15) is 0 Å². The van der Waals surface area contributed by atoms with Crippen molar-refractivity contribution in [2.24, 2.45) is 0 Å². The van der Waals surface area contributed by atoms with Crippen LogP contribution in [0.2, 0.25) is 0 Å². The van der Waals surface area contributed by atoms with Gasteiger partial charge in [0.2, 0.25) is 0 Å². The lowest BCUT2D eigenvalue weighted by Gasteiger charge is -2.19. The highest BCUT2D eigenvalue weighted by molar-refractivity contribution is 6.32. The summed E-state index contributed by atoms with van der Waals surface area (Å²) in [6.07, 6.45) is 0. The lowest BCUT2D eigenvalue weighted by molar-refractivity contribution is 1.37. The van der Waals surface area contributed by atoms with Crippen molar-refractivity contribution in [1.29, 1.82) is 0 Å². The second kappa shape index (κ2) is 11.0. The number of para-hydroxylation sites is 4. The fraction of sp³-hybridized carbons (Fsp3) is 0. The fourth-order valence-electron chi connectivity index (χ4n) is 11.4. The third-order valence-corrected chi connectivity index (χ3v) is 13.9. The molecule has 0 aliphatic heterocycles. The molecule has 4 aromatic heterocycles. The van der Waals surface area contributed by atoms with Gasteiger partial charge >= 0.3 is 0 Å². The van der Waals surface area contributed by atoms with Gasteiger partial charge in [-0.2, -0.15) is 0 Å². The molecule has 0 aliphatic carbocycles. The molecule has 0 aliphatic rings. The monoisotopic (exact) mass is 756 g/mol. The molecule has 0 radical (unpaired) electrons. The summed E-state index contributed by atoms with van der Waals surface area (Å²) in [6.45, 7) is 0. The molecule has 0 atom stereocenters. The number of aromatic nitrogens is 2. The molecule has 0 bridgehead atoms. The summed E-state index contributed by atoms with van der Waals surface area (Å²) in [6, 6.07) is 73.3. The Balaban J connectivity index is 1.22. The van der Waals surface area contributed by atoms with E-state index in [0.717, 1.165) is 0 Å². The maximum absolute atomic E-state index is 2.53. The maximum atomic E-state index is 2.53.